The first kappa shape index (κ1) is 10.0. The summed E-state index contributed by atoms with van der Waals surface area (Å²) >= 11 is 0. The molecule has 13 heavy (non-hydrogen) atoms. The monoisotopic (exact) mass is 184 g/mol. The van der Waals surface area contributed by atoms with Crippen molar-refractivity contribution < 1.29 is 9.59 Å². The molecule has 1 aliphatic rings. The van der Waals surface area contributed by atoms with Gasteiger partial charge < -0.3 is 9.80 Å². The maximum Gasteiger partial charge on any atom is 0.223 e. The van der Waals surface area contributed by atoms with Gasteiger partial charge in [-0.05, 0) is 12.8 Å². The Morgan fingerprint density at radius 3 is 2.46 bits per heavy atom. The Labute approximate surface area is 78.5 Å². The highest BCUT2D eigenvalue weighted by atomic mass is 16.2. The van der Waals surface area contributed by atoms with Gasteiger partial charge in [0.25, 0.3) is 0 Å². The molecular formula is C9H16N2O2. The van der Waals surface area contributed by atoms with Crippen LogP contribution < -0.4 is 0 Å². The van der Waals surface area contributed by atoms with E-state index in [4.69, 9.17) is 0 Å². The third-order valence-corrected chi connectivity index (χ3v) is 2.23. The first-order valence-electron chi connectivity index (χ1n) is 4.56. The van der Waals surface area contributed by atoms with Crippen molar-refractivity contribution in [2.24, 2.45) is 0 Å². The van der Waals surface area contributed by atoms with E-state index in [1.807, 2.05) is 0 Å². The highest BCUT2D eigenvalue weighted by molar-refractivity contribution is 5.76. The standard InChI is InChI=1S/C9H16N2O2/c1-10(2)9(13)5-6-11(7-12)8-3-4-8/h7-8H,3-6H2,1-2H3. The number of carbonyl (C=O) groups excluding carboxylic acids is 2. The summed E-state index contributed by atoms with van der Waals surface area (Å²) in [6.45, 7) is 0.561. The van der Waals surface area contributed by atoms with Gasteiger partial charge in [-0.25, -0.2) is 0 Å². The quantitative estimate of drug-likeness (QED) is 0.568. The lowest BCUT2D eigenvalue weighted by molar-refractivity contribution is -0.129. The fourth-order valence-electron chi connectivity index (χ4n) is 1.18. The second kappa shape index (κ2) is 4.25. The number of amides is 2. The minimum absolute atomic E-state index is 0.0764. The van der Waals surface area contributed by atoms with Gasteiger partial charge in [0.2, 0.25) is 12.3 Å². The van der Waals surface area contributed by atoms with Gasteiger partial charge in [-0.2, -0.15) is 0 Å². The Bertz CT molecular complexity index is 200. The number of nitrogens with zero attached hydrogens (tertiary/aromatic N) is 2. The van der Waals surface area contributed by atoms with Gasteiger partial charge in [-0.15, -0.1) is 0 Å². The lowest BCUT2D eigenvalue weighted by atomic mass is 10.3. The van der Waals surface area contributed by atoms with E-state index < -0.39 is 0 Å². The van der Waals surface area contributed by atoms with Gasteiger partial charge in [0.05, 0.1) is 0 Å². The number of hydrogen-bond donors (Lipinski definition) is 0. The van der Waals surface area contributed by atoms with Crippen LogP contribution in [0.1, 0.15) is 19.3 Å². The first-order chi connectivity index (χ1) is 6.15. The van der Waals surface area contributed by atoms with Crippen LogP contribution in [0.25, 0.3) is 0 Å². The first-order valence-corrected chi connectivity index (χ1v) is 4.56. The number of rotatable bonds is 5. The van der Waals surface area contributed by atoms with Crippen molar-refractivity contribution in [3.63, 3.8) is 0 Å². The van der Waals surface area contributed by atoms with Gasteiger partial charge >= 0.3 is 0 Å². The van der Waals surface area contributed by atoms with Crippen LogP contribution in [0.15, 0.2) is 0 Å². The molecule has 0 aromatic rings. The Hall–Kier alpha value is -1.06. The molecule has 0 aromatic heterocycles. The molecule has 4 heteroatoms. The van der Waals surface area contributed by atoms with Crippen LogP contribution in [-0.2, 0) is 9.59 Å². The highest BCUT2D eigenvalue weighted by Gasteiger charge is 2.27. The summed E-state index contributed by atoms with van der Waals surface area (Å²) in [6.07, 6.45) is 3.46. The summed E-state index contributed by atoms with van der Waals surface area (Å²) in [5.41, 5.74) is 0. The second-order valence-corrected chi connectivity index (χ2v) is 3.61. The van der Waals surface area contributed by atoms with E-state index in [0.29, 0.717) is 19.0 Å². The smallest absolute Gasteiger partial charge is 0.223 e. The summed E-state index contributed by atoms with van der Waals surface area (Å²) < 4.78 is 0. The average molecular weight is 184 g/mol. The van der Waals surface area contributed by atoms with Crippen LogP contribution in [0.4, 0.5) is 0 Å². The maximum atomic E-state index is 11.2. The van der Waals surface area contributed by atoms with Crippen molar-refractivity contribution in [2.45, 2.75) is 25.3 Å². The van der Waals surface area contributed by atoms with Gasteiger partial charge in [0.1, 0.15) is 0 Å². The SMILES string of the molecule is CN(C)C(=O)CCN(C=O)C1CC1. The van der Waals surface area contributed by atoms with E-state index in [9.17, 15) is 9.59 Å². The normalized spacial score (nSPS) is 15.2. The molecule has 0 N–H and O–H groups in total. The predicted octanol–water partition coefficient (Wildman–Crippen LogP) is 0.0855. The molecule has 2 amide bonds. The molecule has 0 saturated heterocycles. The Balaban J connectivity index is 2.23. The molecule has 0 radical (unpaired) electrons. The van der Waals surface area contributed by atoms with E-state index in [2.05, 4.69) is 0 Å². The third kappa shape index (κ3) is 3.05. The summed E-state index contributed by atoms with van der Waals surface area (Å²) in [6, 6.07) is 0.410. The van der Waals surface area contributed by atoms with Crippen molar-refractivity contribution >= 4 is 12.3 Å². The van der Waals surface area contributed by atoms with Gasteiger partial charge in [0.15, 0.2) is 0 Å². The molecule has 1 fully saturated rings. The fraction of sp³-hybridized carbons (Fsp3) is 0.778. The van der Waals surface area contributed by atoms with E-state index in [0.717, 1.165) is 19.3 Å². The molecule has 74 valence electrons. The van der Waals surface area contributed by atoms with Crippen molar-refractivity contribution in [1.29, 1.82) is 0 Å². The molecule has 0 bridgehead atoms. The molecule has 0 aromatic carbocycles. The van der Waals surface area contributed by atoms with Gasteiger partial charge in [-0.1, -0.05) is 0 Å². The summed E-state index contributed by atoms with van der Waals surface area (Å²) in [4.78, 5) is 25.0. The van der Waals surface area contributed by atoms with E-state index >= 15 is 0 Å². The molecule has 0 unspecified atom stereocenters. The summed E-state index contributed by atoms with van der Waals surface area (Å²) in [5.74, 6) is 0.0764. The maximum absolute atomic E-state index is 11.2. The molecule has 1 aliphatic carbocycles. The van der Waals surface area contributed by atoms with E-state index in [1.54, 1.807) is 23.9 Å². The Kier molecular flexibility index (Phi) is 3.28. The molecule has 0 atom stereocenters. The van der Waals surface area contributed by atoms with Crippen LogP contribution in [0.5, 0.6) is 0 Å². The van der Waals surface area contributed by atoms with Crippen LogP contribution in [0.2, 0.25) is 0 Å². The lowest BCUT2D eigenvalue weighted by Crippen LogP contribution is -2.30. The lowest BCUT2D eigenvalue weighted by Gasteiger charge is -2.17. The molecule has 1 rings (SSSR count). The third-order valence-electron chi connectivity index (χ3n) is 2.23. The molecule has 0 spiro atoms. The molecule has 1 saturated carbocycles. The summed E-state index contributed by atoms with van der Waals surface area (Å²) in [5, 5.41) is 0. The van der Waals surface area contributed by atoms with Crippen LogP contribution in [-0.4, -0.2) is 48.8 Å². The molecule has 0 aliphatic heterocycles. The van der Waals surface area contributed by atoms with Gasteiger partial charge in [-0.3, -0.25) is 9.59 Å². The van der Waals surface area contributed by atoms with Crippen LogP contribution >= 0.6 is 0 Å². The minimum Gasteiger partial charge on any atom is -0.349 e. The zero-order valence-electron chi connectivity index (χ0n) is 8.19. The number of hydrogen-bond acceptors (Lipinski definition) is 2. The Morgan fingerprint density at radius 2 is 2.08 bits per heavy atom. The largest absolute Gasteiger partial charge is 0.349 e. The summed E-state index contributed by atoms with van der Waals surface area (Å²) in [7, 11) is 3.45. The van der Waals surface area contributed by atoms with Crippen molar-refractivity contribution in [2.75, 3.05) is 20.6 Å². The predicted molar refractivity (Wildman–Crippen MR) is 49.1 cm³/mol. The van der Waals surface area contributed by atoms with Crippen molar-refractivity contribution in [3.05, 3.63) is 0 Å². The van der Waals surface area contributed by atoms with Crippen molar-refractivity contribution in [1.82, 2.24) is 9.80 Å². The molecule has 4 nitrogen and oxygen atoms in total. The number of carbonyl (C=O) groups is 2. The second-order valence-electron chi connectivity index (χ2n) is 3.61. The van der Waals surface area contributed by atoms with Crippen molar-refractivity contribution in [3.8, 4) is 0 Å². The topological polar surface area (TPSA) is 40.6 Å². The molecule has 0 heterocycles. The van der Waals surface area contributed by atoms with E-state index in [1.165, 1.54) is 0 Å². The van der Waals surface area contributed by atoms with Crippen LogP contribution in [0.3, 0.4) is 0 Å². The highest BCUT2D eigenvalue weighted by Crippen LogP contribution is 2.25. The van der Waals surface area contributed by atoms with Gasteiger partial charge in [0, 0.05) is 33.1 Å². The van der Waals surface area contributed by atoms with Crippen LogP contribution in [0, 0.1) is 0 Å². The molecular weight excluding hydrogens is 168 g/mol. The van der Waals surface area contributed by atoms with E-state index in [-0.39, 0.29) is 5.91 Å². The Morgan fingerprint density at radius 1 is 1.46 bits per heavy atom. The zero-order valence-corrected chi connectivity index (χ0v) is 8.19. The minimum atomic E-state index is 0.0764. The fourth-order valence-corrected chi connectivity index (χ4v) is 1.18. The zero-order chi connectivity index (χ0) is 9.84. The average Bonchev–Trinajstić information content (AvgIpc) is 2.88.